The predicted molar refractivity (Wildman–Crippen MR) is 131 cm³/mol. The predicted octanol–water partition coefficient (Wildman–Crippen LogP) is 3.19. The average Bonchev–Trinajstić information content (AvgIpc) is 3.22. The molecule has 2 rings (SSSR count). The number of sulfonamides is 1. The van der Waals surface area contributed by atoms with Gasteiger partial charge in [0, 0.05) is 37.8 Å². The third-order valence-corrected chi connectivity index (χ3v) is 8.28. The van der Waals surface area contributed by atoms with E-state index >= 15 is 0 Å². The first kappa shape index (κ1) is 27.3. The number of ether oxygens (including phenoxy) is 1. The van der Waals surface area contributed by atoms with Crippen LogP contribution in [-0.2, 0) is 19.6 Å². The van der Waals surface area contributed by atoms with Gasteiger partial charge in [0.05, 0.1) is 17.3 Å². The third-order valence-electron chi connectivity index (χ3n) is 5.29. The molecule has 0 fully saturated rings. The largest absolute Gasteiger partial charge is 0.383 e. The Morgan fingerprint density at radius 1 is 1.21 bits per heavy atom. The van der Waals surface area contributed by atoms with Gasteiger partial charge in [-0.2, -0.15) is 4.31 Å². The van der Waals surface area contributed by atoms with Crippen molar-refractivity contribution in [2.24, 2.45) is 0 Å². The summed E-state index contributed by atoms with van der Waals surface area (Å²) in [4.78, 5) is 12.5. The van der Waals surface area contributed by atoms with Crippen molar-refractivity contribution < 1.29 is 17.9 Å². The van der Waals surface area contributed by atoms with E-state index in [-0.39, 0.29) is 28.6 Å². The van der Waals surface area contributed by atoms with Crippen LogP contribution in [0.1, 0.15) is 47.1 Å². The fraction of sp³-hybridized carbons (Fsp3) is 0.591. The Balaban J connectivity index is 2.35. The van der Waals surface area contributed by atoms with Crippen molar-refractivity contribution in [3.63, 3.8) is 0 Å². The van der Waals surface area contributed by atoms with Gasteiger partial charge in [-0.05, 0) is 32.4 Å². The van der Waals surface area contributed by atoms with Gasteiger partial charge in [0.15, 0.2) is 11.0 Å². The molecule has 11 heteroatoms. The van der Waals surface area contributed by atoms with Gasteiger partial charge in [-0.25, -0.2) is 8.42 Å². The minimum absolute atomic E-state index is 0.0658. The van der Waals surface area contributed by atoms with Gasteiger partial charge < -0.3 is 10.1 Å². The second-order valence-corrected chi connectivity index (χ2v) is 10.6. The third kappa shape index (κ3) is 6.78. The van der Waals surface area contributed by atoms with Crippen molar-refractivity contribution in [2.45, 2.75) is 63.2 Å². The first-order valence-corrected chi connectivity index (χ1v) is 13.6. The molecule has 0 saturated carbocycles. The van der Waals surface area contributed by atoms with E-state index in [1.165, 1.54) is 16.1 Å². The van der Waals surface area contributed by atoms with Crippen LogP contribution in [0.4, 0.5) is 0 Å². The van der Waals surface area contributed by atoms with Gasteiger partial charge in [-0.3, -0.25) is 9.36 Å². The van der Waals surface area contributed by atoms with E-state index in [1.54, 1.807) is 25.3 Å². The van der Waals surface area contributed by atoms with E-state index in [9.17, 15) is 13.2 Å². The summed E-state index contributed by atoms with van der Waals surface area (Å²) in [6.45, 7) is 10.9. The number of carbonyl (C=O) groups is 1. The fourth-order valence-corrected chi connectivity index (χ4v) is 5.75. The van der Waals surface area contributed by atoms with Gasteiger partial charge in [-0.15, -0.1) is 10.2 Å². The molecular weight excluding hydrogens is 462 g/mol. The smallest absolute Gasteiger partial charge is 0.243 e. The Morgan fingerprint density at radius 3 is 2.52 bits per heavy atom. The van der Waals surface area contributed by atoms with E-state index in [0.717, 1.165) is 6.42 Å². The number of methoxy groups -OCH3 is 1. The molecule has 9 nitrogen and oxygen atoms in total. The lowest BCUT2D eigenvalue weighted by molar-refractivity contribution is -0.119. The number of aromatic nitrogens is 3. The number of nitrogens with one attached hydrogen (secondary N) is 1. The zero-order valence-corrected chi connectivity index (χ0v) is 21.9. The van der Waals surface area contributed by atoms with Crippen LogP contribution in [0.15, 0.2) is 34.3 Å². The van der Waals surface area contributed by atoms with Crippen LogP contribution in [0.25, 0.3) is 11.4 Å². The van der Waals surface area contributed by atoms with E-state index < -0.39 is 10.0 Å². The van der Waals surface area contributed by atoms with E-state index in [4.69, 9.17) is 4.74 Å². The summed E-state index contributed by atoms with van der Waals surface area (Å²) in [7, 11) is -2.00. The zero-order chi connectivity index (χ0) is 24.6. The fourth-order valence-electron chi connectivity index (χ4n) is 3.40. The summed E-state index contributed by atoms with van der Waals surface area (Å²) in [5.74, 6) is 0.660. The van der Waals surface area contributed by atoms with Gasteiger partial charge in [0.25, 0.3) is 0 Å². The first-order chi connectivity index (χ1) is 15.7. The van der Waals surface area contributed by atoms with Crippen molar-refractivity contribution in [3.05, 3.63) is 24.3 Å². The number of hydrogen-bond donors (Lipinski definition) is 1. The van der Waals surface area contributed by atoms with Crippen LogP contribution in [0, 0.1) is 0 Å². The number of hydrogen-bond acceptors (Lipinski definition) is 7. The number of benzene rings is 1. The Labute approximate surface area is 201 Å². The minimum atomic E-state index is -3.59. The highest BCUT2D eigenvalue weighted by Gasteiger charge is 2.24. The molecule has 1 amide bonds. The molecule has 2 unspecified atom stereocenters. The lowest BCUT2D eigenvalue weighted by Gasteiger charge is -2.19. The van der Waals surface area contributed by atoms with Gasteiger partial charge in [0.2, 0.25) is 15.9 Å². The Hall–Kier alpha value is -1.95. The normalized spacial score (nSPS) is 13.8. The number of rotatable bonds is 13. The Bertz CT molecular complexity index is 1020. The molecule has 0 bridgehead atoms. The molecule has 1 aromatic carbocycles. The summed E-state index contributed by atoms with van der Waals surface area (Å²) in [6.07, 6.45) is 0.826. The second-order valence-electron chi connectivity index (χ2n) is 7.76. The maximum Gasteiger partial charge on any atom is 0.243 e. The molecule has 2 aromatic rings. The maximum atomic E-state index is 13.0. The van der Waals surface area contributed by atoms with Crippen molar-refractivity contribution in [2.75, 3.05) is 32.6 Å². The summed E-state index contributed by atoms with van der Waals surface area (Å²) < 4.78 is 34.4. The first-order valence-electron chi connectivity index (χ1n) is 11.2. The standard InChI is InChI=1S/C22H35N5O4S2/c1-7-17(5)27-21(24-25-22(27)32-15-20(28)23-16(4)14-31-6)18-11-10-12-19(13-18)33(29,30)26(8-2)9-3/h10-13,16-17H,7-9,14-15H2,1-6H3,(H,23,28). The van der Waals surface area contributed by atoms with Gasteiger partial charge >= 0.3 is 0 Å². The molecule has 1 N–H and O–H groups in total. The van der Waals surface area contributed by atoms with Crippen LogP contribution < -0.4 is 5.32 Å². The second kappa shape index (κ2) is 12.5. The summed E-state index contributed by atoms with van der Waals surface area (Å²) >= 11 is 1.31. The summed E-state index contributed by atoms with van der Waals surface area (Å²) in [5, 5.41) is 12.2. The van der Waals surface area contributed by atoms with Crippen molar-refractivity contribution in [1.82, 2.24) is 24.4 Å². The molecule has 0 spiro atoms. The number of amides is 1. The number of carbonyl (C=O) groups excluding carboxylic acids is 1. The minimum Gasteiger partial charge on any atom is -0.383 e. The quantitative estimate of drug-likeness (QED) is 0.424. The summed E-state index contributed by atoms with van der Waals surface area (Å²) in [6, 6.07) is 6.78. The highest BCUT2D eigenvalue weighted by atomic mass is 32.2. The molecule has 0 aliphatic rings. The van der Waals surface area contributed by atoms with Crippen LogP contribution in [0.5, 0.6) is 0 Å². The number of thioether (sulfide) groups is 1. The summed E-state index contributed by atoms with van der Waals surface area (Å²) in [5.41, 5.74) is 0.668. The SMILES string of the molecule is CCC(C)n1c(SCC(=O)NC(C)COC)nnc1-c1cccc(S(=O)(=O)N(CC)CC)c1. The van der Waals surface area contributed by atoms with E-state index in [1.807, 2.05) is 38.3 Å². The number of nitrogens with zero attached hydrogens (tertiary/aromatic N) is 4. The highest BCUT2D eigenvalue weighted by molar-refractivity contribution is 7.99. The lowest BCUT2D eigenvalue weighted by Crippen LogP contribution is -2.36. The highest BCUT2D eigenvalue weighted by Crippen LogP contribution is 2.30. The molecule has 1 heterocycles. The van der Waals surface area contributed by atoms with Gasteiger partial charge in [0.1, 0.15) is 0 Å². The molecule has 0 aliphatic carbocycles. The van der Waals surface area contributed by atoms with Crippen LogP contribution >= 0.6 is 11.8 Å². The van der Waals surface area contributed by atoms with E-state index in [2.05, 4.69) is 22.4 Å². The Morgan fingerprint density at radius 2 is 1.91 bits per heavy atom. The van der Waals surface area contributed by atoms with Crippen molar-refractivity contribution in [1.29, 1.82) is 0 Å². The molecule has 0 saturated heterocycles. The molecular formula is C22H35N5O4S2. The molecule has 0 aliphatic heterocycles. The molecule has 2 atom stereocenters. The van der Waals surface area contributed by atoms with Crippen LogP contribution in [-0.4, -0.2) is 72.0 Å². The van der Waals surface area contributed by atoms with Crippen LogP contribution in [0.3, 0.4) is 0 Å². The lowest BCUT2D eigenvalue weighted by atomic mass is 10.2. The topological polar surface area (TPSA) is 106 Å². The molecule has 33 heavy (non-hydrogen) atoms. The Kier molecular flexibility index (Phi) is 10.3. The van der Waals surface area contributed by atoms with Crippen molar-refractivity contribution >= 4 is 27.7 Å². The average molecular weight is 498 g/mol. The zero-order valence-electron chi connectivity index (χ0n) is 20.2. The van der Waals surface area contributed by atoms with Crippen molar-refractivity contribution in [3.8, 4) is 11.4 Å². The molecule has 184 valence electrons. The molecule has 1 aromatic heterocycles. The van der Waals surface area contributed by atoms with E-state index in [0.29, 0.717) is 36.2 Å². The molecule has 0 radical (unpaired) electrons. The maximum absolute atomic E-state index is 13.0. The van der Waals surface area contributed by atoms with Gasteiger partial charge in [-0.1, -0.05) is 44.7 Å². The van der Waals surface area contributed by atoms with Crippen LogP contribution in [0.2, 0.25) is 0 Å². The monoisotopic (exact) mass is 497 g/mol.